The van der Waals surface area contributed by atoms with E-state index in [-0.39, 0.29) is 58.6 Å². The Labute approximate surface area is 319 Å². The Hall–Kier alpha value is -6.70. The molecule has 288 valence electrons. The van der Waals surface area contributed by atoms with E-state index in [1.54, 1.807) is 22.2 Å². The molecule has 56 heavy (non-hydrogen) atoms. The number of carbonyl (C=O) groups is 4. The highest BCUT2D eigenvalue weighted by Gasteiger charge is 2.42. The molecule has 0 saturated carbocycles. The lowest BCUT2D eigenvalue weighted by molar-refractivity contribution is -0.751. The van der Waals surface area contributed by atoms with Gasteiger partial charge in [0, 0.05) is 113 Å². The first-order chi connectivity index (χ1) is 27.2. The van der Waals surface area contributed by atoms with Gasteiger partial charge in [0.25, 0.3) is 0 Å². The summed E-state index contributed by atoms with van der Waals surface area (Å²) in [5.74, 6) is 0.406. The predicted octanol–water partition coefficient (Wildman–Crippen LogP) is -1.03. The van der Waals surface area contributed by atoms with E-state index in [9.17, 15) is 29.6 Å². The smallest absolute Gasteiger partial charge is 0.236 e. The third kappa shape index (κ3) is 6.67. The molecule has 6 aliphatic rings. The van der Waals surface area contributed by atoms with E-state index >= 15 is 0 Å². The van der Waals surface area contributed by atoms with Gasteiger partial charge in [0.05, 0.1) is 11.4 Å². The highest BCUT2D eigenvalue weighted by Crippen LogP contribution is 2.27. The zero-order valence-electron chi connectivity index (χ0n) is 30.3. The fraction of sp³-hybridized carbons (Fsp3) is 0.389. The highest BCUT2D eigenvalue weighted by atomic mass is 16.5. The minimum atomic E-state index is -0.378. The first-order valence-corrected chi connectivity index (χ1v) is 18.6. The Kier molecular flexibility index (Phi) is 8.87. The second-order valence-corrected chi connectivity index (χ2v) is 14.2. The van der Waals surface area contributed by atoms with E-state index in [1.807, 2.05) is 36.4 Å². The lowest BCUT2D eigenvalue weighted by atomic mass is 10.0. The van der Waals surface area contributed by atoms with Crippen LogP contribution in [0, 0.1) is 10.4 Å². The monoisotopic (exact) mass is 762 g/mol. The average Bonchev–Trinajstić information content (AvgIpc) is 4.17. The number of piperidine rings is 1. The van der Waals surface area contributed by atoms with Crippen molar-refractivity contribution in [1.82, 2.24) is 44.3 Å². The Balaban J connectivity index is 0.000000146. The van der Waals surface area contributed by atoms with Gasteiger partial charge >= 0.3 is 0 Å². The molecule has 0 spiro atoms. The molecule has 8 heterocycles. The molecule has 0 amide bonds. The normalized spacial score (nSPS) is 19.6. The number of ketones is 4. The summed E-state index contributed by atoms with van der Waals surface area (Å²) < 4.78 is 1.25. The zero-order valence-corrected chi connectivity index (χ0v) is 30.3. The topological polar surface area (TPSA) is 211 Å². The molecule has 4 fully saturated rings. The second kappa shape index (κ2) is 14.2. The molecule has 0 unspecified atom stereocenters. The first kappa shape index (κ1) is 35.0. The molecule has 2 aliphatic carbocycles. The van der Waals surface area contributed by atoms with Crippen molar-refractivity contribution in [3.8, 4) is 0 Å². The van der Waals surface area contributed by atoms with Crippen molar-refractivity contribution in [1.29, 1.82) is 0 Å². The van der Waals surface area contributed by atoms with E-state index in [2.05, 4.69) is 40.3 Å². The van der Waals surface area contributed by atoms with E-state index in [1.165, 1.54) is 16.8 Å². The van der Waals surface area contributed by atoms with Gasteiger partial charge in [-0.05, 0) is 34.0 Å². The molecule has 0 atom stereocenters. The summed E-state index contributed by atoms with van der Waals surface area (Å²) >= 11 is 0. The Bertz CT molecular complexity index is 2100. The van der Waals surface area contributed by atoms with Crippen LogP contribution in [0.3, 0.4) is 0 Å². The molecule has 0 radical (unpaired) electrons. The van der Waals surface area contributed by atoms with Gasteiger partial charge in [-0.15, -0.1) is 0 Å². The number of rotatable bonds is 8. The Morgan fingerprint density at radius 3 is 1.66 bits per heavy atom. The van der Waals surface area contributed by atoms with E-state index in [0.29, 0.717) is 34.4 Å². The van der Waals surface area contributed by atoms with Crippen molar-refractivity contribution in [3.63, 3.8) is 0 Å². The van der Waals surface area contributed by atoms with Crippen molar-refractivity contribution in [3.05, 3.63) is 106 Å². The van der Waals surface area contributed by atoms with E-state index in [4.69, 9.17) is 0 Å². The summed E-state index contributed by atoms with van der Waals surface area (Å²) in [5, 5.41) is 32.2. The van der Waals surface area contributed by atoms with Gasteiger partial charge < -0.3 is 30.0 Å². The molecular weight excluding hydrogens is 724 g/mol. The number of piperazine rings is 1. The van der Waals surface area contributed by atoms with Crippen LogP contribution in [-0.4, -0.2) is 139 Å². The molecule has 20 heteroatoms. The van der Waals surface area contributed by atoms with Gasteiger partial charge in [-0.2, -0.15) is 5.43 Å². The van der Waals surface area contributed by atoms with Crippen LogP contribution in [0.15, 0.2) is 72.3 Å². The van der Waals surface area contributed by atoms with Gasteiger partial charge in [-0.3, -0.25) is 24.1 Å². The number of fused-ring (bicyclic) bond motifs is 2. The molecule has 0 bridgehead atoms. The number of carbonyl (C=O) groups excluding carboxylic acids is 4. The van der Waals surface area contributed by atoms with E-state index in [0.717, 1.165) is 81.6 Å². The maximum Gasteiger partial charge on any atom is 0.236 e. The van der Waals surface area contributed by atoms with Crippen molar-refractivity contribution >= 4 is 34.8 Å². The quantitative estimate of drug-likeness (QED) is 0.129. The molecule has 4 aliphatic heterocycles. The number of Topliss-reactive ketones (excluding diaryl/α,β-unsaturated/α-hetero) is 2. The number of pyridine rings is 2. The van der Waals surface area contributed by atoms with Crippen molar-refractivity contribution < 1.29 is 29.1 Å². The number of allylic oxidation sites excluding steroid dienone is 4. The van der Waals surface area contributed by atoms with Crippen LogP contribution >= 0.6 is 0 Å². The number of anilines is 2. The molecule has 4 saturated heterocycles. The van der Waals surface area contributed by atoms with E-state index < -0.39 is 0 Å². The van der Waals surface area contributed by atoms with Crippen LogP contribution in [-0.2, 0) is 6.67 Å². The van der Waals surface area contributed by atoms with Crippen LogP contribution in [0.25, 0.3) is 0 Å². The number of hydrogen-bond acceptors (Lipinski definition) is 16. The molecule has 1 N–H and O–H groups in total. The number of nitrogens with one attached hydrogen (secondary N) is 1. The van der Waals surface area contributed by atoms with Gasteiger partial charge in [-0.1, -0.05) is 21.9 Å². The summed E-state index contributed by atoms with van der Waals surface area (Å²) in [6.45, 7) is 7.69. The summed E-state index contributed by atoms with van der Waals surface area (Å²) in [5.41, 5.74) is 3.71. The fourth-order valence-electron chi connectivity index (χ4n) is 7.38. The zero-order chi connectivity index (χ0) is 38.5. The third-order valence-electron chi connectivity index (χ3n) is 10.6. The van der Waals surface area contributed by atoms with Crippen LogP contribution < -0.4 is 25.1 Å². The Morgan fingerprint density at radius 1 is 0.625 bits per heavy atom. The first-order valence-electron chi connectivity index (χ1n) is 18.6. The van der Waals surface area contributed by atoms with Crippen molar-refractivity contribution in [2.75, 3.05) is 80.7 Å². The minimum Gasteiger partial charge on any atom is -0.672 e. The van der Waals surface area contributed by atoms with Crippen LogP contribution in [0.4, 0.5) is 11.6 Å². The van der Waals surface area contributed by atoms with Crippen molar-refractivity contribution in [2.45, 2.75) is 25.6 Å². The maximum atomic E-state index is 12.6. The maximum absolute atomic E-state index is 12.6. The summed E-state index contributed by atoms with van der Waals surface area (Å²) in [6, 6.07) is 11.6. The summed E-state index contributed by atoms with van der Waals surface area (Å²) in [4.78, 5) is 70.8. The van der Waals surface area contributed by atoms with Crippen LogP contribution in [0.5, 0.6) is 0 Å². The molecule has 10 rings (SSSR count). The van der Waals surface area contributed by atoms with Gasteiger partial charge in [0.15, 0.2) is 11.4 Å². The summed E-state index contributed by atoms with van der Waals surface area (Å²) in [7, 11) is 0. The molecule has 20 nitrogen and oxygen atoms in total. The lowest BCUT2D eigenvalue weighted by Crippen LogP contribution is -2.51. The molecule has 4 aromatic rings. The SMILES string of the molecule is O=C1C(N2CC2)=CC(=O)c2c1n[n+]([O-])n2CN1CCN(c2ccccn2)CC1.O=C1C(N2CC2)=CC(=O)c2c1n[n+]([O-])n2NC1CCN(c2ccccn2)CC1. The van der Waals surface area contributed by atoms with Crippen molar-refractivity contribution in [2.24, 2.45) is 0 Å². The third-order valence-corrected chi connectivity index (χ3v) is 10.6. The average molecular weight is 763 g/mol. The van der Waals surface area contributed by atoms with Crippen LogP contribution in [0.1, 0.15) is 54.8 Å². The van der Waals surface area contributed by atoms with Gasteiger partial charge in [0.1, 0.15) is 24.3 Å². The second-order valence-electron chi connectivity index (χ2n) is 14.2. The van der Waals surface area contributed by atoms with Gasteiger partial charge in [-0.25, -0.2) is 9.97 Å². The standard InChI is InChI=1S/2C18H19N7O3/c26-14-11-13(22-9-10-22)18(27)16-17(14)24(25(28)21-16)20-12-4-7-23(8-5-12)15-3-1-2-6-19-15;26-14-11-13(22-9-10-22)18(27)16-17(14)24(25(28)20-16)12-21-5-7-23(8-6-21)15-3-1-2-4-19-15/h1-3,6,11-12,20H,4-5,7-10H2;1-4,11H,5-10,12H2. The van der Waals surface area contributed by atoms with Crippen LogP contribution in [0.2, 0.25) is 0 Å². The number of nitrogens with zero attached hydrogens (tertiary/aromatic N) is 13. The minimum absolute atomic E-state index is 0.0118. The highest BCUT2D eigenvalue weighted by molar-refractivity contribution is 6.23. The fourth-order valence-corrected chi connectivity index (χ4v) is 7.38. The Morgan fingerprint density at radius 2 is 1.12 bits per heavy atom. The predicted molar refractivity (Wildman–Crippen MR) is 196 cm³/mol. The molecular formula is C36H38N14O6. The number of aromatic nitrogens is 8. The van der Waals surface area contributed by atoms with Gasteiger partial charge in [0.2, 0.25) is 34.5 Å². The lowest BCUT2D eigenvalue weighted by Gasteiger charge is -2.34. The summed E-state index contributed by atoms with van der Waals surface area (Å²) in [6.07, 6.45) is 7.69. The largest absolute Gasteiger partial charge is 0.672 e. The molecule has 4 aromatic heterocycles. The molecule has 0 aromatic carbocycles. The number of hydrogen-bond donors (Lipinski definition) is 1.